The lowest BCUT2D eigenvalue weighted by Crippen LogP contribution is -2.13. The fourth-order valence-electron chi connectivity index (χ4n) is 3.57. The zero-order chi connectivity index (χ0) is 24.9. The van der Waals surface area contributed by atoms with Crippen LogP contribution in [0.1, 0.15) is 27.7 Å². The van der Waals surface area contributed by atoms with E-state index in [0.29, 0.717) is 21.2 Å². The third-order valence-corrected chi connectivity index (χ3v) is 8.29. The van der Waals surface area contributed by atoms with Crippen LogP contribution in [0.25, 0.3) is 11.1 Å². The van der Waals surface area contributed by atoms with Gasteiger partial charge in [0, 0.05) is 16.2 Å². The molecular formula is C27H21Cl2NO3S2. The van der Waals surface area contributed by atoms with E-state index in [1.54, 1.807) is 48.5 Å². The molecule has 1 amide bonds. The van der Waals surface area contributed by atoms with E-state index in [1.807, 2.05) is 37.3 Å². The van der Waals surface area contributed by atoms with Crippen molar-refractivity contribution in [3.8, 4) is 11.1 Å². The van der Waals surface area contributed by atoms with Crippen LogP contribution in [0, 0.1) is 0 Å². The molecule has 0 aliphatic rings. The average Bonchev–Trinajstić information content (AvgIpc) is 3.28. The van der Waals surface area contributed by atoms with Crippen LogP contribution in [0.4, 0.5) is 5.00 Å². The zero-order valence-electron chi connectivity index (χ0n) is 18.7. The van der Waals surface area contributed by atoms with E-state index in [4.69, 9.17) is 23.2 Å². The first kappa shape index (κ1) is 25.3. The molecule has 4 aromatic rings. The van der Waals surface area contributed by atoms with Gasteiger partial charge in [-0.3, -0.25) is 13.8 Å². The van der Waals surface area contributed by atoms with E-state index in [-0.39, 0.29) is 33.7 Å². The van der Waals surface area contributed by atoms with E-state index in [0.717, 1.165) is 16.0 Å². The molecule has 4 rings (SSSR count). The largest absolute Gasteiger partial charge is 0.317 e. The van der Waals surface area contributed by atoms with Crippen molar-refractivity contribution in [2.45, 2.75) is 18.2 Å². The second kappa shape index (κ2) is 11.3. The molecule has 0 radical (unpaired) electrons. The van der Waals surface area contributed by atoms with Gasteiger partial charge >= 0.3 is 0 Å². The Morgan fingerprint density at radius 1 is 0.914 bits per heavy atom. The standard InChI is InChI=1S/C27H21Cl2NO3S2/c1-2-35(33)19-13-11-17(12-14-19)15-23(31)30-24-16-20(18-7-4-3-5-8-18)27(34-24)26(32)25-21(28)9-6-10-22(25)29/h3-14,16H,2,15H2,1H3,(H,30,31). The van der Waals surface area contributed by atoms with Crippen molar-refractivity contribution in [1.82, 2.24) is 0 Å². The molecule has 0 saturated carbocycles. The summed E-state index contributed by atoms with van der Waals surface area (Å²) < 4.78 is 11.9. The van der Waals surface area contributed by atoms with E-state index in [9.17, 15) is 13.8 Å². The number of ketones is 1. The lowest BCUT2D eigenvalue weighted by atomic mass is 10.0. The molecule has 1 aromatic heterocycles. The number of rotatable bonds is 8. The molecule has 8 heteroatoms. The van der Waals surface area contributed by atoms with Crippen molar-refractivity contribution in [3.05, 3.63) is 105 Å². The number of nitrogens with one attached hydrogen (secondary N) is 1. The highest BCUT2D eigenvalue weighted by molar-refractivity contribution is 7.85. The Bertz CT molecular complexity index is 1380. The quantitative estimate of drug-likeness (QED) is 0.238. The Kier molecular flexibility index (Phi) is 8.19. The maximum absolute atomic E-state index is 13.5. The van der Waals surface area contributed by atoms with Crippen LogP contribution in [0.2, 0.25) is 10.0 Å². The predicted molar refractivity (Wildman–Crippen MR) is 145 cm³/mol. The minimum absolute atomic E-state index is 0.150. The molecule has 35 heavy (non-hydrogen) atoms. The first-order valence-corrected chi connectivity index (χ1v) is 13.7. The lowest BCUT2D eigenvalue weighted by Gasteiger charge is -2.07. The number of halogens is 2. The number of benzene rings is 3. The number of thiophene rings is 1. The molecule has 1 N–H and O–H groups in total. The van der Waals surface area contributed by atoms with E-state index < -0.39 is 10.8 Å². The van der Waals surface area contributed by atoms with E-state index in [2.05, 4.69) is 5.32 Å². The summed E-state index contributed by atoms with van der Waals surface area (Å²) in [5, 5.41) is 3.99. The number of amides is 1. The maximum Gasteiger partial charge on any atom is 0.229 e. The summed E-state index contributed by atoms with van der Waals surface area (Å²) in [5.74, 6) is 0.0251. The predicted octanol–water partition coefficient (Wildman–Crippen LogP) is 7.26. The van der Waals surface area contributed by atoms with E-state index in [1.165, 1.54) is 11.3 Å². The summed E-state index contributed by atoms with van der Waals surface area (Å²) >= 11 is 13.8. The van der Waals surface area contributed by atoms with Crippen molar-refractivity contribution in [1.29, 1.82) is 0 Å². The Morgan fingerprint density at radius 2 is 1.57 bits per heavy atom. The van der Waals surface area contributed by atoms with Crippen molar-refractivity contribution >= 4 is 62.0 Å². The molecule has 0 saturated heterocycles. The fourth-order valence-corrected chi connectivity index (χ4v) is 5.96. The van der Waals surface area contributed by atoms with Gasteiger partial charge < -0.3 is 5.32 Å². The third kappa shape index (κ3) is 5.90. The Balaban J connectivity index is 1.61. The molecule has 1 atom stereocenters. The molecule has 4 nitrogen and oxygen atoms in total. The highest BCUT2D eigenvalue weighted by Crippen LogP contribution is 2.38. The number of hydrogen-bond acceptors (Lipinski definition) is 4. The Hall–Kier alpha value is -2.77. The minimum atomic E-state index is -1.03. The molecule has 0 spiro atoms. The Morgan fingerprint density at radius 3 is 2.20 bits per heavy atom. The molecule has 3 aromatic carbocycles. The first-order valence-electron chi connectivity index (χ1n) is 10.8. The molecular weight excluding hydrogens is 521 g/mol. The molecule has 0 aliphatic carbocycles. The molecule has 1 unspecified atom stereocenters. The summed E-state index contributed by atoms with van der Waals surface area (Å²) in [5.41, 5.74) is 2.57. The van der Waals surface area contributed by atoms with E-state index >= 15 is 0 Å². The second-order valence-corrected chi connectivity index (χ2v) is 11.3. The van der Waals surface area contributed by atoms with Crippen molar-refractivity contribution < 1.29 is 13.8 Å². The van der Waals surface area contributed by atoms with Gasteiger partial charge in [-0.05, 0) is 41.5 Å². The number of anilines is 1. The van der Waals surface area contributed by atoms with Gasteiger partial charge in [0.15, 0.2) is 0 Å². The fraction of sp³-hybridized carbons (Fsp3) is 0.111. The SMILES string of the molecule is CCS(=O)c1ccc(CC(=O)Nc2cc(-c3ccccc3)c(C(=O)c3c(Cl)cccc3Cl)s2)cc1. The van der Waals surface area contributed by atoms with Crippen LogP contribution < -0.4 is 5.32 Å². The van der Waals surface area contributed by atoms with Crippen LogP contribution in [0.15, 0.2) is 83.8 Å². The molecule has 1 heterocycles. The van der Waals surface area contributed by atoms with Crippen LogP contribution >= 0.6 is 34.5 Å². The van der Waals surface area contributed by atoms with Gasteiger partial charge in [0.05, 0.1) is 42.7 Å². The molecule has 0 bridgehead atoms. The topological polar surface area (TPSA) is 63.2 Å². The van der Waals surface area contributed by atoms with Gasteiger partial charge in [0.25, 0.3) is 0 Å². The maximum atomic E-state index is 13.5. The van der Waals surface area contributed by atoms with Gasteiger partial charge in [-0.15, -0.1) is 11.3 Å². The highest BCUT2D eigenvalue weighted by atomic mass is 35.5. The number of carbonyl (C=O) groups is 2. The minimum Gasteiger partial charge on any atom is -0.317 e. The van der Waals surface area contributed by atoms with Crippen LogP contribution in [0.5, 0.6) is 0 Å². The summed E-state index contributed by atoms with van der Waals surface area (Å²) in [4.78, 5) is 27.4. The highest BCUT2D eigenvalue weighted by Gasteiger charge is 2.23. The lowest BCUT2D eigenvalue weighted by molar-refractivity contribution is -0.115. The third-order valence-electron chi connectivity index (χ3n) is 5.29. The van der Waals surface area contributed by atoms with Gasteiger partial charge in [0.2, 0.25) is 11.7 Å². The van der Waals surface area contributed by atoms with Gasteiger partial charge in [-0.25, -0.2) is 0 Å². The summed E-state index contributed by atoms with van der Waals surface area (Å²) in [6.07, 6.45) is 0.150. The van der Waals surface area contributed by atoms with Crippen molar-refractivity contribution in [2.75, 3.05) is 11.1 Å². The molecule has 0 aliphatic heterocycles. The average molecular weight is 543 g/mol. The monoisotopic (exact) mass is 541 g/mol. The van der Waals surface area contributed by atoms with Crippen molar-refractivity contribution in [3.63, 3.8) is 0 Å². The van der Waals surface area contributed by atoms with Gasteiger partial charge in [0.1, 0.15) is 0 Å². The van der Waals surface area contributed by atoms with Gasteiger partial charge in [-0.1, -0.05) is 78.7 Å². The zero-order valence-corrected chi connectivity index (χ0v) is 21.9. The van der Waals surface area contributed by atoms with Crippen LogP contribution in [-0.4, -0.2) is 21.7 Å². The smallest absolute Gasteiger partial charge is 0.229 e. The first-order chi connectivity index (χ1) is 16.9. The Labute approximate surface area is 220 Å². The molecule has 0 fully saturated rings. The number of carbonyl (C=O) groups excluding carboxylic acids is 2. The summed E-state index contributed by atoms with van der Waals surface area (Å²) in [6, 6.07) is 23.4. The molecule has 178 valence electrons. The van der Waals surface area contributed by atoms with Gasteiger partial charge in [-0.2, -0.15) is 0 Å². The number of hydrogen-bond donors (Lipinski definition) is 1. The second-order valence-electron chi connectivity index (χ2n) is 7.65. The van der Waals surface area contributed by atoms with Crippen LogP contribution in [0.3, 0.4) is 0 Å². The summed E-state index contributed by atoms with van der Waals surface area (Å²) in [7, 11) is -1.03. The summed E-state index contributed by atoms with van der Waals surface area (Å²) in [6.45, 7) is 1.86. The van der Waals surface area contributed by atoms with Crippen LogP contribution in [-0.2, 0) is 22.0 Å². The van der Waals surface area contributed by atoms with Crippen molar-refractivity contribution in [2.24, 2.45) is 0 Å². The normalized spacial score (nSPS) is 11.7.